The molecule has 0 amide bonds. The number of Topliss-reactive ketones (excluding diaryl/α,β-unsaturated/α-hetero) is 1. The van der Waals surface area contributed by atoms with Crippen molar-refractivity contribution >= 4 is 16.7 Å². The van der Waals surface area contributed by atoms with E-state index in [4.69, 9.17) is 0 Å². The van der Waals surface area contributed by atoms with E-state index >= 15 is 0 Å². The Labute approximate surface area is 114 Å². The van der Waals surface area contributed by atoms with Crippen LogP contribution in [0, 0.1) is 0 Å². The molecule has 0 saturated carbocycles. The molecule has 1 aromatic carbocycles. The van der Waals surface area contributed by atoms with Crippen molar-refractivity contribution in [1.29, 1.82) is 0 Å². The summed E-state index contributed by atoms with van der Waals surface area (Å²) in [4.78, 5) is 16.2. The normalized spacial score (nSPS) is 12.2. The second kappa shape index (κ2) is 5.66. The Kier molecular flexibility index (Phi) is 4.13. The second-order valence-corrected chi connectivity index (χ2v) is 4.59. The van der Waals surface area contributed by atoms with Gasteiger partial charge in [-0.1, -0.05) is 25.1 Å². The van der Waals surface area contributed by atoms with Gasteiger partial charge in [0.25, 0.3) is 0 Å². The van der Waals surface area contributed by atoms with E-state index in [1.54, 1.807) is 25.3 Å². The fraction of sp³-hybridized carbons (Fsp3) is 0.357. The predicted molar refractivity (Wildman–Crippen MR) is 70.8 cm³/mol. The number of para-hydroxylation sites is 1. The highest BCUT2D eigenvalue weighted by molar-refractivity contribution is 6.08. The Morgan fingerprint density at radius 3 is 2.65 bits per heavy atom. The van der Waals surface area contributed by atoms with Gasteiger partial charge < -0.3 is 4.98 Å². The summed E-state index contributed by atoms with van der Waals surface area (Å²) in [5.74, 6) is -0.312. The summed E-state index contributed by atoms with van der Waals surface area (Å²) < 4.78 is 37.1. The van der Waals surface area contributed by atoms with Crippen molar-refractivity contribution in [1.82, 2.24) is 9.88 Å². The second-order valence-electron chi connectivity index (χ2n) is 4.59. The first-order valence-electron chi connectivity index (χ1n) is 6.29. The number of nitrogens with one attached hydrogen (secondary N) is 1. The highest BCUT2D eigenvalue weighted by Gasteiger charge is 2.31. The van der Waals surface area contributed by atoms with Crippen LogP contribution < -0.4 is 0 Å². The molecular weight excluding hydrogens is 269 g/mol. The SMILES string of the molecule is CCN(CC(=O)c1c[nH]c2ccccc12)CC(F)(F)F. The zero-order valence-corrected chi connectivity index (χ0v) is 11.0. The quantitative estimate of drug-likeness (QED) is 0.856. The third kappa shape index (κ3) is 3.39. The number of likely N-dealkylation sites (N-methyl/N-ethyl adjacent to an activating group) is 1. The maximum Gasteiger partial charge on any atom is 0.401 e. The summed E-state index contributed by atoms with van der Waals surface area (Å²) in [6.45, 7) is 0.470. The molecular formula is C14H15F3N2O. The number of hydrogen-bond donors (Lipinski definition) is 1. The van der Waals surface area contributed by atoms with Crippen molar-refractivity contribution in [2.45, 2.75) is 13.1 Å². The smallest absolute Gasteiger partial charge is 0.360 e. The number of aromatic nitrogens is 1. The molecule has 0 fully saturated rings. The molecule has 0 unspecified atom stereocenters. The average Bonchev–Trinajstić information content (AvgIpc) is 2.80. The Morgan fingerprint density at radius 1 is 1.30 bits per heavy atom. The van der Waals surface area contributed by atoms with Crippen LogP contribution in [-0.4, -0.2) is 41.5 Å². The van der Waals surface area contributed by atoms with E-state index in [0.29, 0.717) is 5.56 Å². The monoisotopic (exact) mass is 284 g/mol. The highest BCUT2D eigenvalue weighted by Crippen LogP contribution is 2.20. The van der Waals surface area contributed by atoms with E-state index in [0.717, 1.165) is 15.8 Å². The van der Waals surface area contributed by atoms with E-state index in [2.05, 4.69) is 4.98 Å². The van der Waals surface area contributed by atoms with Gasteiger partial charge in [-0.05, 0) is 12.6 Å². The van der Waals surface area contributed by atoms with E-state index in [1.807, 2.05) is 12.1 Å². The van der Waals surface area contributed by atoms with Crippen molar-refractivity contribution in [3.63, 3.8) is 0 Å². The first-order chi connectivity index (χ1) is 9.40. The number of carbonyl (C=O) groups is 1. The number of nitrogens with zero attached hydrogens (tertiary/aromatic N) is 1. The maximum atomic E-state index is 12.4. The van der Waals surface area contributed by atoms with Crippen LogP contribution in [0.2, 0.25) is 0 Å². The Hall–Kier alpha value is -1.82. The number of benzene rings is 1. The Morgan fingerprint density at radius 2 is 2.00 bits per heavy atom. The summed E-state index contributed by atoms with van der Waals surface area (Å²) in [7, 11) is 0. The van der Waals surface area contributed by atoms with E-state index in [9.17, 15) is 18.0 Å². The molecule has 6 heteroatoms. The molecule has 3 nitrogen and oxygen atoms in total. The van der Waals surface area contributed by atoms with Gasteiger partial charge in [0.05, 0.1) is 13.1 Å². The van der Waals surface area contributed by atoms with Gasteiger partial charge in [0.2, 0.25) is 0 Å². The fourth-order valence-corrected chi connectivity index (χ4v) is 2.12. The topological polar surface area (TPSA) is 36.1 Å². The third-order valence-electron chi connectivity index (χ3n) is 3.11. The zero-order valence-electron chi connectivity index (χ0n) is 11.0. The van der Waals surface area contributed by atoms with Crippen LogP contribution in [0.15, 0.2) is 30.5 Å². The molecule has 1 heterocycles. The van der Waals surface area contributed by atoms with Crippen LogP contribution in [0.25, 0.3) is 10.9 Å². The van der Waals surface area contributed by atoms with Crippen LogP contribution in [0.1, 0.15) is 17.3 Å². The number of fused-ring (bicyclic) bond motifs is 1. The predicted octanol–water partition coefficient (Wildman–Crippen LogP) is 3.23. The molecule has 1 N–H and O–H groups in total. The molecule has 2 rings (SSSR count). The summed E-state index contributed by atoms with van der Waals surface area (Å²) in [6.07, 6.45) is -2.75. The first kappa shape index (κ1) is 14.6. The van der Waals surface area contributed by atoms with Gasteiger partial charge in [-0.3, -0.25) is 9.69 Å². The van der Waals surface area contributed by atoms with Gasteiger partial charge in [0.15, 0.2) is 5.78 Å². The molecule has 0 aliphatic rings. The lowest BCUT2D eigenvalue weighted by atomic mass is 10.1. The number of hydrogen-bond acceptors (Lipinski definition) is 2. The van der Waals surface area contributed by atoms with E-state index in [-0.39, 0.29) is 18.9 Å². The Bertz CT molecular complexity index is 604. The number of H-pyrrole nitrogens is 1. The van der Waals surface area contributed by atoms with Gasteiger partial charge in [-0.15, -0.1) is 0 Å². The summed E-state index contributed by atoms with van der Waals surface area (Å²) in [6, 6.07) is 7.22. The standard InChI is InChI=1S/C14H15F3N2O/c1-2-19(9-14(15,16)17)8-13(20)11-7-18-12-6-4-3-5-10(11)12/h3-7,18H,2,8-9H2,1H3. The minimum atomic E-state index is -4.30. The lowest BCUT2D eigenvalue weighted by Crippen LogP contribution is -2.37. The third-order valence-corrected chi connectivity index (χ3v) is 3.11. The molecule has 0 atom stereocenters. The minimum Gasteiger partial charge on any atom is -0.360 e. The van der Waals surface area contributed by atoms with Gasteiger partial charge >= 0.3 is 6.18 Å². The molecule has 0 aliphatic carbocycles. The van der Waals surface area contributed by atoms with Crippen LogP contribution in [-0.2, 0) is 0 Å². The first-order valence-corrected chi connectivity index (χ1v) is 6.29. The fourth-order valence-electron chi connectivity index (χ4n) is 2.12. The number of rotatable bonds is 5. The van der Waals surface area contributed by atoms with Gasteiger partial charge in [-0.2, -0.15) is 13.2 Å². The Balaban J connectivity index is 2.15. The zero-order chi connectivity index (χ0) is 14.8. The van der Waals surface area contributed by atoms with Crippen molar-refractivity contribution in [3.8, 4) is 0 Å². The van der Waals surface area contributed by atoms with Crippen molar-refractivity contribution in [2.24, 2.45) is 0 Å². The summed E-state index contributed by atoms with van der Waals surface area (Å²) >= 11 is 0. The average molecular weight is 284 g/mol. The number of aromatic amines is 1. The largest absolute Gasteiger partial charge is 0.401 e. The number of ketones is 1. The van der Waals surface area contributed by atoms with Crippen molar-refractivity contribution in [3.05, 3.63) is 36.0 Å². The lowest BCUT2D eigenvalue weighted by molar-refractivity contribution is -0.144. The molecule has 108 valence electrons. The minimum absolute atomic E-state index is 0.174. The van der Waals surface area contributed by atoms with Crippen LogP contribution >= 0.6 is 0 Å². The van der Waals surface area contributed by atoms with E-state index < -0.39 is 12.7 Å². The van der Waals surface area contributed by atoms with Crippen LogP contribution in [0.3, 0.4) is 0 Å². The van der Waals surface area contributed by atoms with E-state index in [1.165, 1.54) is 0 Å². The van der Waals surface area contributed by atoms with Crippen LogP contribution in [0.5, 0.6) is 0 Å². The molecule has 1 aromatic heterocycles. The molecule has 0 saturated heterocycles. The molecule has 0 spiro atoms. The molecule has 0 bridgehead atoms. The van der Waals surface area contributed by atoms with Gasteiger partial charge in [0.1, 0.15) is 0 Å². The highest BCUT2D eigenvalue weighted by atomic mass is 19.4. The van der Waals surface area contributed by atoms with Crippen molar-refractivity contribution < 1.29 is 18.0 Å². The lowest BCUT2D eigenvalue weighted by Gasteiger charge is -2.20. The maximum absolute atomic E-state index is 12.4. The number of carbonyl (C=O) groups excluding carboxylic acids is 1. The van der Waals surface area contributed by atoms with Gasteiger partial charge in [0, 0.05) is 22.7 Å². The molecule has 0 aliphatic heterocycles. The van der Waals surface area contributed by atoms with Crippen LogP contribution in [0.4, 0.5) is 13.2 Å². The van der Waals surface area contributed by atoms with Gasteiger partial charge in [-0.25, -0.2) is 0 Å². The molecule has 2 aromatic rings. The summed E-state index contributed by atoms with van der Waals surface area (Å²) in [5, 5.41) is 0.737. The molecule has 20 heavy (non-hydrogen) atoms. The number of halogens is 3. The van der Waals surface area contributed by atoms with Crippen molar-refractivity contribution in [2.75, 3.05) is 19.6 Å². The molecule has 0 radical (unpaired) electrons. The summed E-state index contributed by atoms with van der Waals surface area (Å²) in [5.41, 5.74) is 1.23. The number of alkyl halides is 3.